The highest BCUT2D eigenvalue weighted by atomic mass is 32.2. The Labute approximate surface area is 200 Å². The Kier molecular flexibility index (Phi) is 7.55. The number of nitrogens with zero attached hydrogens (tertiary/aromatic N) is 3. The number of amides is 1. The zero-order valence-corrected chi connectivity index (χ0v) is 21.3. The van der Waals surface area contributed by atoms with E-state index in [1.165, 1.54) is 28.5 Å². The van der Waals surface area contributed by atoms with Crippen molar-refractivity contribution >= 4 is 27.3 Å². The van der Waals surface area contributed by atoms with Gasteiger partial charge in [-0.15, -0.1) is 11.3 Å². The van der Waals surface area contributed by atoms with Crippen molar-refractivity contribution in [2.24, 2.45) is 5.92 Å². The molecule has 10 heteroatoms. The quantitative estimate of drug-likeness (QED) is 0.594. The van der Waals surface area contributed by atoms with Gasteiger partial charge in [-0.1, -0.05) is 44.7 Å². The fraction of sp³-hybridized carbons (Fsp3) is 0.696. The highest BCUT2D eigenvalue weighted by Gasteiger charge is 2.35. The second-order valence-electron chi connectivity index (χ2n) is 9.54. The largest absolute Gasteiger partial charge is 0.353 e. The summed E-state index contributed by atoms with van der Waals surface area (Å²) in [6.07, 6.45) is 8.19. The Morgan fingerprint density at radius 3 is 2.58 bits per heavy atom. The molecule has 33 heavy (non-hydrogen) atoms. The van der Waals surface area contributed by atoms with Crippen LogP contribution >= 0.6 is 11.3 Å². The van der Waals surface area contributed by atoms with Crippen molar-refractivity contribution in [3.05, 3.63) is 16.8 Å². The average molecular weight is 495 g/mol. The Morgan fingerprint density at radius 2 is 1.91 bits per heavy atom. The summed E-state index contributed by atoms with van der Waals surface area (Å²) in [4.78, 5) is 19.0. The molecule has 0 aromatic carbocycles. The first-order valence-corrected chi connectivity index (χ1v) is 14.3. The van der Waals surface area contributed by atoms with Crippen LogP contribution in [0.4, 0.5) is 0 Å². The average Bonchev–Trinajstić information content (AvgIpc) is 3.35. The van der Waals surface area contributed by atoms with Crippen LogP contribution in [0.2, 0.25) is 0 Å². The van der Waals surface area contributed by atoms with E-state index in [0.29, 0.717) is 34.4 Å². The van der Waals surface area contributed by atoms with Gasteiger partial charge < -0.3 is 9.84 Å². The van der Waals surface area contributed by atoms with Crippen LogP contribution in [0.1, 0.15) is 81.9 Å². The topological polar surface area (TPSA) is 105 Å². The fourth-order valence-electron chi connectivity index (χ4n) is 4.66. The van der Waals surface area contributed by atoms with Crippen molar-refractivity contribution in [3.8, 4) is 10.7 Å². The predicted octanol–water partition coefficient (Wildman–Crippen LogP) is 4.47. The van der Waals surface area contributed by atoms with Crippen molar-refractivity contribution in [1.82, 2.24) is 19.8 Å². The van der Waals surface area contributed by atoms with E-state index in [-0.39, 0.29) is 35.2 Å². The molecule has 2 aromatic heterocycles. The van der Waals surface area contributed by atoms with Crippen molar-refractivity contribution in [1.29, 1.82) is 0 Å². The number of aryl methyl sites for hydroxylation is 1. The molecule has 0 spiro atoms. The van der Waals surface area contributed by atoms with E-state index in [4.69, 9.17) is 4.52 Å². The highest BCUT2D eigenvalue weighted by molar-refractivity contribution is 7.89. The van der Waals surface area contributed by atoms with Crippen LogP contribution in [0.3, 0.4) is 0 Å². The van der Waals surface area contributed by atoms with Crippen LogP contribution in [0, 0.1) is 12.8 Å². The molecule has 1 unspecified atom stereocenters. The molecule has 2 fully saturated rings. The highest BCUT2D eigenvalue weighted by Crippen LogP contribution is 2.35. The summed E-state index contributed by atoms with van der Waals surface area (Å²) in [6.45, 7) is 6.38. The molecule has 2 aliphatic rings. The monoisotopic (exact) mass is 494 g/mol. The lowest BCUT2D eigenvalue weighted by Gasteiger charge is -2.32. The summed E-state index contributed by atoms with van der Waals surface area (Å²) >= 11 is 1.35. The molecular formula is C23H34N4O4S2. The van der Waals surface area contributed by atoms with Crippen LogP contribution in [0.25, 0.3) is 10.7 Å². The molecule has 1 atom stereocenters. The normalized spacial score (nSPS) is 21.3. The zero-order chi connectivity index (χ0) is 23.6. The SMILES string of the molecule is Cc1sc(-c2noc(C(C)C)n2)cc1S(=O)(=O)N1CCCC(C(=O)NC2CCCCCC2)C1. The zero-order valence-electron chi connectivity index (χ0n) is 19.7. The number of aromatic nitrogens is 2. The Morgan fingerprint density at radius 1 is 1.18 bits per heavy atom. The first-order valence-electron chi connectivity index (χ1n) is 12.0. The van der Waals surface area contributed by atoms with Gasteiger partial charge in [0.15, 0.2) is 0 Å². The number of hydrogen-bond donors (Lipinski definition) is 1. The summed E-state index contributed by atoms with van der Waals surface area (Å²) in [5.74, 6) is 0.732. The van der Waals surface area contributed by atoms with Crippen LogP contribution in [0.5, 0.6) is 0 Å². The smallest absolute Gasteiger partial charge is 0.244 e. The summed E-state index contributed by atoms with van der Waals surface area (Å²) in [5, 5.41) is 7.22. The van der Waals surface area contributed by atoms with Gasteiger partial charge in [0.2, 0.25) is 27.6 Å². The molecule has 8 nitrogen and oxygen atoms in total. The number of piperidine rings is 1. The number of carbonyl (C=O) groups is 1. The Bertz CT molecular complexity index is 1070. The molecule has 3 heterocycles. The van der Waals surface area contributed by atoms with E-state index >= 15 is 0 Å². The summed E-state index contributed by atoms with van der Waals surface area (Å²) in [6, 6.07) is 1.86. The molecule has 4 rings (SSSR count). The number of hydrogen-bond acceptors (Lipinski definition) is 7. The van der Waals surface area contributed by atoms with E-state index in [0.717, 1.165) is 32.1 Å². The summed E-state index contributed by atoms with van der Waals surface area (Å²) < 4.78 is 33.8. The second-order valence-corrected chi connectivity index (χ2v) is 12.7. The third-order valence-electron chi connectivity index (χ3n) is 6.60. The van der Waals surface area contributed by atoms with Gasteiger partial charge in [-0.05, 0) is 38.7 Å². The van der Waals surface area contributed by atoms with Gasteiger partial charge in [-0.25, -0.2) is 8.42 Å². The van der Waals surface area contributed by atoms with Gasteiger partial charge in [-0.2, -0.15) is 9.29 Å². The molecule has 1 saturated carbocycles. The van der Waals surface area contributed by atoms with Gasteiger partial charge in [0.1, 0.15) is 0 Å². The second kappa shape index (κ2) is 10.2. The number of thiophene rings is 1. The molecule has 0 radical (unpaired) electrons. The van der Waals surface area contributed by atoms with Crippen molar-refractivity contribution in [2.75, 3.05) is 13.1 Å². The van der Waals surface area contributed by atoms with Crippen LogP contribution < -0.4 is 5.32 Å². The first-order chi connectivity index (χ1) is 15.8. The van der Waals surface area contributed by atoms with E-state index in [9.17, 15) is 13.2 Å². The third kappa shape index (κ3) is 5.49. The van der Waals surface area contributed by atoms with E-state index in [2.05, 4.69) is 15.5 Å². The minimum atomic E-state index is -3.72. The van der Waals surface area contributed by atoms with Gasteiger partial charge in [-0.3, -0.25) is 4.79 Å². The molecule has 2 aromatic rings. The number of nitrogens with one attached hydrogen (secondary N) is 1. The number of carbonyl (C=O) groups excluding carboxylic acids is 1. The lowest BCUT2D eigenvalue weighted by molar-refractivity contribution is -0.126. The molecular weight excluding hydrogens is 460 g/mol. The Hall–Kier alpha value is -1.78. The van der Waals surface area contributed by atoms with Gasteiger partial charge in [0, 0.05) is 29.9 Å². The maximum absolute atomic E-state index is 13.5. The predicted molar refractivity (Wildman–Crippen MR) is 128 cm³/mol. The first kappa shape index (κ1) is 24.3. The van der Waals surface area contributed by atoms with Crippen molar-refractivity contribution in [3.63, 3.8) is 0 Å². The molecule has 1 N–H and O–H groups in total. The Balaban J connectivity index is 1.47. The molecule has 0 bridgehead atoms. The molecule has 1 aliphatic carbocycles. The standard InChI is InChI=1S/C23H34N4O4S2/c1-15(2)23-25-21(26-31-23)19-13-20(16(3)32-19)33(29,30)27-12-8-9-17(14-27)22(28)24-18-10-6-4-5-7-11-18/h13,15,17-18H,4-12,14H2,1-3H3,(H,24,28). The number of sulfonamides is 1. The lowest BCUT2D eigenvalue weighted by Crippen LogP contribution is -2.47. The van der Waals surface area contributed by atoms with Gasteiger partial charge in [0.05, 0.1) is 15.7 Å². The molecule has 1 amide bonds. The van der Waals surface area contributed by atoms with Crippen LogP contribution in [-0.4, -0.2) is 47.9 Å². The summed E-state index contributed by atoms with van der Waals surface area (Å²) in [7, 11) is -3.72. The maximum Gasteiger partial charge on any atom is 0.244 e. The van der Waals surface area contributed by atoms with Crippen LogP contribution in [0.15, 0.2) is 15.5 Å². The maximum atomic E-state index is 13.5. The van der Waals surface area contributed by atoms with Crippen molar-refractivity contribution in [2.45, 2.75) is 89.0 Å². The third-order valence-corrected chi connectivity index (χ3v) is 9.77. The van der Waals surface area contributed by atoms with E-state index < -0.39 is 10.0 Å². The minimum Gasteiger partial charge on any atom is -0.353 e. The van der Waals surface area contributed by atoms with Gasteiger partial charge >= 0.3 is 0 Å². The lowest BCUT2D eigenvalue weighted by atomic mass is 9.97. The molecule has 1 saturated heterocycles. The van der Waals surface area contributed by atoms with Gasteiger partial charge in [0.25, 0.3) is 0 Å². The van der Waals surface area contributed by atoms with E-state index in [1.807, 2.05) is 13.8 Å². The molecule has 182 valence electrons. The summed E-state index contributed by atoms with van der Waals surface area (Å²) in [5.41, 5.74) is 0. The van der Waals surface area contributed by atoms with Crippen molar-refractivity contribution < 1.29 is 17.7 Å². The van der Waals surface area contributed by atoms with E-state index in [1.54, 1.807) is 13.0 Å². The molecule has 1 aliphatic heterocycles. The minimum absolute atomic E-state index is 0.00228. The van der Waals surface area contributed by atoms with Crippen LogP contribution in [-0.2, 0) is 14.8 Å². The fourth-order valence-corrected chi connectivity index (χ4v) is 7.67. The number of rotatable bonds is 6.